The number of H-pyrrole nitrogens is 1. The highest BCUT2D eigenvalue weighted by molar-refractivity contribution is 5.80. The number of rotatable bonds is 5. The van der Waals surface area contributed by atoms with Crippen LogP contribution in [-0.2, 0) is 16.0 Å². The van der Waals surface area contributed by atoms with E-state index >= 15 is 0 Å². The standard InChI is InChI=1S/C18H22N2O3/c1-12-9-14-10-13(4-6-16(14)20-18(12)22)5-7-17(21)19-11-15-3-2-8-23-15/h4,6,9-10,15H,2-3,5,7-8,11H2,1H3,(H,19,21)(H,20,22). The van der Waals surface area contributed by atoms with Crippen molar-refractivity contribution in [2.75, 3.05) is 13.2 Å². The third kappa shape index (κ3) is 3.99. The number of aromatic nitrogens is 1. The van der Waals surface area contributed by atoms with E-state index in [0.717, 1.165) is 35.9 Å². The van der Waals surface area contributed by atoms with E-state index in [0.29, 0.717) is 24.9 Å². The van der Waals surface area contributed by atoms with Crippen LogP contribution in [0.5, 0.6) is 0 Å². The van der Waals surface area contributed by atoms with Crippen molar-refractivity contribution in [3.63, 3.8) is 0 Å². The van der Waals surface area contributed by atoms with Crippen LogP contribution in [0.1, 0.15) is 30.4 Å². The van der Waals surface area contributed by atoms with Crippen LogP contribution >= 0.6 is 0 Å². The van der Waals surface area contributed by atoms with Gasteiger partial charge in [0.05, 0.1) is 6.10 Å². The van der Waals surface area contributed by atoms with Gasteiger partial charge in [-0.25, -0.2) is 0 Å². The number of benzene rings is 1. The second kappa shape index (κ2) is 6.96. The van der Waals surface area contributed by atoms with E-state index in [4.69, 9.17) is 4.74 Å². The van der Waals surface area contributed by atoms with Gasteiger partial charge < -0.3 is 15.0 Å². The van der Waals surface area contributed by atoms with Crippen LogP contribution in [0, 0.1) is 6.92 Å². The van der Waals surface area contributed by atoms with Crippen LogP contribution in [-0.4, -0.2) is 30.1 Å². The van der Waals surface area contributed by atoms with Crippen molar-refractivity contribution in [1.82, 2.24) is 10.3 Å². The van der Waals surface area contributed by atoms with Crippen LogP contribution in [0.4, 0.5) is 0 Å². The first-order valence-corrected chi connectivity index (χ1v) is 8.13. The molecule has 2 N–H and O–H groups in total. The van der Waals surface area contributed by atoms with Crippen LogP contribution in [0.3, 0.4) is 0 Å². The SMILES string of the molecule is Cc1cc2cc(CCC(=O)NCC3CCCO3)ccc2[nH]c1=O. The minimum Gasteiger partial charge on any atom is -0.376 e. The molecule has 1 amide bonds. The number of hydrogen-bond donors (Lipinski definition) is 2. The van der Waals surface area contributed by atoms with Crippen LogP contribution in [0.15, 0.2) is 29.1 Å². The largest absolute Gasteiger partial charge is 0.376 e. The highest BCUT2D eigenvalue weighted by atomic mass is 16.5. The summed E-state index contributed by atoms with van der Waals surface area (Å²) in [4.78, 5) is 26.4. The number of nitrogens with one attached hydrogen (secondary N) is 2. The van der Waals surface area contributed by atoms with Gasteiger partial charge in [0.25, 0.3) is 5.56 Å². The first kappa shape index (κ1) is 15.7. The Morgan fingerprint density at radius 2 is 2.26 bits per heavy atom. The average molecular weight is 314 g/mol. The van der Waals surface area contributed by atoms with Crippen molar-refractivity contribution >= 4 is 16.8 Å². The van der Waals surface area contributed by atoms with Gasteiger partial charge in [0.1, 0.15) is 0 Å². The maximum absolute atomic E-state index is 11.9. The molecule has 0 saturated carbocycles. The number of amides is 1. The number of aromatic amines is 1. The van der Waals surface area contributed by atoms with Gasteiger partial charge >= 0.3 is 0 Å². The molecule has 1 fully saturated rings. The summed E-state index contributed by atoms with van der Waals surface area (Å²) in [5.74, 6) is 0.0539. The third-order valence-electron chi connectivity index (χ3n) is 4.29. The van der Waals surface area contributed by atoms with Gasteiger partial charge in [0.2, 0.25) is 5.91 Å². The molecule has 1 aliphatic heterocycles. The van der Waals surface area contributed by atoms with Gasteiger partial charge in [-0.1, -0.05) is 6.07 Å². The Hall–Kier alpha value is -2.14. The van der Waals surface area contributed by atoms with E-state index in [1.807, 2.05) is 24.3 Å². The zero-order chi connectivity index (χ0) is 16.2. The Bertz CT molecular complexity index is 760. The summed E-state index contributed by atoms with van der Waals surface area (Å²) in [5.41, 5.74) is 2.56. The van der Waals surface area contributed by atoms with E-state index in [-0.39, 0.29) is 17.6 Å². The smallest absolute Gasteiger partial charge is 0.251 e. The number of carbonyl (C=O) groups is 1. The molecular weight excluding hydrogens is 292 g/mol. The zero-order valence-electron chi connectivity index (χ0n) is 13.4. The molecule has 0 radical (unpaired) electrons. The summed E-state index contributed by atoms with van der Waals surface area (Å²) in [6.45, 7) is 3.21. The van der Waals surface area contributed by atoms with E-state index < -0.39 is 0 Å². The monoisotopic (exact) mass is 314 g/mol. The van der Waals surface area contributed by atoms with E-state index in [9.17, 15) is 9.59 Å². The summed E-state index contributed by atoms with van der Waals surface area (Å²) in [5, 5.41) is 3.94. The van der Waals surface area contributed by atoms with Crippen molar-refractivity contribution in [2.45, 2.75) is 38.7 Å². The minimum absolute atomic E-state index is 0.0539. The maximum Gasteiger partial charge on any atom is 0.251 e. The molecule has 5 nitrogen and oxygen atoms in total. The average Bonchev–Trinajstić information content (AvgIpc) is 3.05. The lowest BCUT2D eigenvalue weighted by Gasteiger charge is -2.11. The van der Waals surface area contributed by atoms with Gasteiger partial charge in [0, 0.05) is 30.7 Å². The maximum atomic E-state index is 11.9. The Morgan fingerprint density at radius 3 is 3.04 bits per heavy atom. The van der Waals surface area contributed by atoms with E-state index in [1.165, 1.54) is 0 Å². The summed E-state index contributed by atoms with van der Waals surface area (Å²) in [6, 6.07) is 7.78. The molecular formula is C18H22N2O3. The van der Waals surface area contributed by atoms with E-state index in [2.05, 4.69) is 10.3 Å². The Kier molecular flexibility index (Phi) is 4.76. The number of hydrogen-bond acceptors (Lipinski definition) is 3. The molecule has 1 aromatic heterocycles. The summed E-state index contributed by atoms with van der Waals surface area (Å²) in [7, 11) is 0. The van der Waals surface area contributed by atoms with Gasteiger partial charge in [-0.2, -0.15) is 0 Å². The summed E-state index contributed by atoms with van der Waals surface area (Å²) < 4.78 is 5.49. The van der Waals surface area contributed by atoms with Crippen molar-refractivity contribution in [1.29, 1.82) is 0 Å². The molecule has 2 aromatic rings. The normalized spacial score (nSPS) is 17.5. The van der Waals surface area contributed by atoms with Gasteiger partial charge in [-0.15, -0.1) is 0 Å². The molecule has 122 valence electrons. The Labute approximate surface area is 135 Å². The predicted molar refractivity (Wildman–Crippen MR) is 89.6 cm³/mol. The lowest BCUT2D eigenvalue weighted by molar-refractivity contribution is -0.121. The molecule has 0 bridgehead atoms. The van der Waals surface area contributed by atoms with Gasteiger partial charge in [-0.05, 0) is 55.3 Å². The van der Waals surface area contributed by atoms with Crippen molar-refractivity contribution < 1.29 is 9.53 Å². The fraction of sp³-hybridized carbons (Fsp3) is 0.444. The number of fused-ring (bicyclic) bond motifs is 1. The van der Waals surface area contributed by atoms with Crippen molar-refractivity contribution in [2.24, 2.45) is 0 Å². The second-order valence-electron chi connectivity index (χ2n) is 6.14. The van der Waals surface area contributed by atoms with Crippen LogP contribution in [0.2, 0.25) is 0 Å². The number of carbonyl (C=O) groups excluding carboxylic acids is 1. The molecule has 1 atom stereocenters. The lowest BCUT2D eigenvalue weighted by atomic mass is 10.1. The molecule has 23 heavy (non-hydrogen) atoms. The Morgan fingerprint density at radius 1 is 1.39 bits per heavy atom. The third-order valence-corrected chi connectivity index (χ3v) is 4.29. The molecule has 3 rings (SSSR count). The number of ether oxygens (including phenoxy) is 1. The zero-order valence-corrected chi connectivity index (χ0v) is 13.4. The highest BCUT2D eigenvalue weighted by Gasteiger charge is 2.16. The molecule has 1 saturated heterocycles. The summed E-state index contributed by atoms with van der Waals surface area (Å²) >= 11 is 0. The van der Waals surface area contributed by atoms with Crippen molar-refractivity contribution in [3.05, 3.63) is 45.7 Å². The minimum atomic E-state index is -0.0567. The Balaban J connectivity index is 1.57. The first-order valence-electron chi connectivity index (χ1n) is 8.13. The fourth-order valence-corrected chi connectivity index (χ4v) is 2.90. The topological polar surface area (TPSA) is 71.2 Å². The van der Waals surface area contributed by atoms with Gasteiger partial charge in [-0.3, -0.25) is 9.59 Å². The van der Waals surface area contributed by atoms with Gasteiger partial charge in [0.15, 0.2) is 0 Å². The molecule has 1 aliphatic rings. The van der Waals surface area contributed by atoms with Crippen LogP contribution in [0.25, 0.3) is 10.9 Å². The highest BCUT2D eigenvalue weighted by Crippen LogP contribution is 2.15. The molecule has 0 aliphatic carbocycles. The van der Waals surface area contributed by atoms with Crippen LogP contribution < -0.4 is 10.9 Å². The lowest BCUT2D eigenvalue weighted by Crippen LogP contribution is -2.31. The molecule has 2 heterocycles. The molecule has 1 unspecified atom stereocenters. The van der Waals surface area contributed by atoms with Crippen molar-refractivity contribution in [3.8, 4) is 0 Å². The molecule has 0 spiro atoms. The number of pyridine rings is 1. The first-order chi connectivity index (χ1) is 11.1. The molecule has 5 heteroatoms. The number of aryl methyl sites for hydroxylation is 2. The fourth-order valence-electron chi connectivity index (χ4n) is 2.90. The predicted octanol–water partition coefficient (Wildman–Crippen LogP) is 2.06. The second-order valence-corrected chi connectivity index (χ2v) is 6.14. The summed E-state index contributed by atoms with van der Waals surface area (Å²) in [6.07, 6.45) is 3.44. The van der Waals surface area contributed by atoms with E-state index in [1.54, 1.807) is 6.92 Å². The molecule has 1 aromatic carbocycles. The quantitative estimate of drug-likeness (QED) is 0.887.